The SMILES string of the molecule is CN(C)[S+](=O)(c1ccccc1)[C@H]1C[C@@H]1c1ccccc1. The van der Waals surface area contributed by atoms with E-state index in [0.717, 1.165) is 11.3 Å². The summed E-state index contributed by atoms with van der Waals surface area (Å²) in [7, 11) is 1.70. The normalized spacial score (nSPS) is 24.4. The average molecular weight is 286 g/mol. The number of hydrogen-bond acceptors (Lipinski definition) is 1. The summed E-state index contributed by atoms with van der Waals surface area (Å²) in [4.78, 5) is 0.952. The lowest BCUT2D eigenvalue weighted by Crippen LogP contribution is -2.34. The van der Waals surface area contributed by atoms with Crippen molar-refractivity contribution < 1.29 is 4.21 Å². The fraction of sp³-hybridized carbons (Fsp3) is 0.294. The highest BCUT2D eigenvalue weighted by Gasteiger charge is 2.59. The maximum absolute atomic E-state index is 13.6. The first kappa shape index (κ1) is 13.5. The molecule has 2 aromatic carbocycles. The van der Waals surface area contributed by atoms with Gasteiger partial charge in [-0.3, -0.25) is 0 Å². The number of benzene rings is 2. The summed E-state index contributed by atoms with van der Waals surface area (Å²) in [6, 6.07) is 20.3. The van der Waals surface area contributed by atoms with Crippen LogP contribution >= 0.6 is 0 Å². The van der Waals surface area contributed by atoms with Gasteiger partial charge in [0.1, 0.15) is 0 Å². The minimum atomic E-state index is -2.15. The van der Waals surface area contributed by atoms with Crippen LogP contribution in [0.2, 0.25) is 0 Å². The standard InChI is InChI=1S/C17H20NOS/c1-18(2)20(19,15-11-7-4-8-12-15)17-13-16(17)14-9-5-3-6-10-14/h3-12,16-17H,13H2,1-2H3/q+1/t16-,17+,20?/m1/s1. The van der Waals surface area contributed by atoms with Gasteiger partial charge in [-0.15, -0.1) is 4.31 Å². The second-order valence-corrected chi connectivity index (χ2v) is 8.43. The van der Waals surface area contributed by atoms with Crippen molar-refractivity contribution >= 4 is 10.1 Å². The molecule has 2 aromatic rings. The van der Waals surface area contributed by atoms with Crippen molar-refractivity contribution in [2.45, 2.75) is 22.5 Å². The van der Waals surface area contributed by atoms with Gasteiger partial charge in [0.05, 0.1) is 0 Å². The highest BCUT2D eigenvalue weighted by atomic mass is 32.3. The first-order chi connectivity index (χ1) is 9.64. The van der Waals surface area contributed by atoms with Crippen molar-refractivity contribution in [2.24, 2.45) is 0 Å². The first-order valence-electron chi connectivity index (χ1n) is 6.94. The van der Waals surface area contributed by atoms with E-state index >= 15 is 0 Å². The Labute approximate surface area is 122 Å². The Morgan fingerprint density at radius 3 is 2.05 bits per heavy atom. The van der Waals surface area contributed by atoms with Crippen LogP contribution in [0.5, 0.6) is 0 Å². The van der Waals surface area contributed by atoms with Crippen molar-refractivity contribution in [1.82, 2.24) is 4.31 Å². The Kier molecular flexibility index (Phi) is 3.48. The lowest BCUT2D eigenvalue weighted by Gasteiger charge is -2.18. The predicted octanol–water partition coefficient (Wildman–Crippen LogP) is 3.58. The maximum Gasteiger partial charge on any atom is 0.193 e. The van der Waals surface area contributed by atoms with E-state index in [9.17, 15) is 4.21 Å². The Morgan fingerprint density at radius 1 is 0.950 bits per heavy atom. The van der Waals surface area contributed by atoms with Crippen molar-refractivity contribution in [3.63, 3.8) is 0 Å². The van der Waals surface area contributed by atoms with Crippen LogP contribution in [0.15, 0.2) is 65.6 Å². The van der Waals surface area contributed by atoms with E-state index in [1.807, 2.05) is 54.8 Å². The van der Waals surface area contributed by atoms with Gasteiger partial charge in [-0.1, -0.05) is 52.7 Å². The molecule has 20 heavy (non-hydrogen) atoms. The van der Waals surface area contributed by atoms with Gasteiger partial charge in [-0.2, -0.15) is 0 Å². The molecule has 0 N–H and O–H groups in total. The molecule has 2 nitrogen and oxygen atoms in total. The molecule has 0 radical (unpaired) electrons. The molecule has 3 rings (SSSR count). The second-order valence-electron chi connectivity index (χ2n) is 5.49. The number of hydrogen-bond donors (Lipinski definition) is 0. The summed E-state index contributed by atoms with van der Waals surface area (Å²) in [6.07, 6.45) is 1.01. The van der Waals surface area contributed by atoms with E-state index in [2.05, 4.69) is 24.3 Å². The van der Waals surface area contributed by atoms with Crippen LogP contribution in [0.4, 0.5) is 0 Å². The molecule has 1 aliphatic rings. The third-order valence-electron chi connectivity index (χ3n) is 3.99. The average Bonchev–Trinajstić information content (AvgIpc) is 3.29. The highest BCUT2D eigenvalue weighted by Crippen LogP contribution is 2.51. The van der Waals surface area contributed by atoms with E-state index in [1.54, 1.807) is 0 Å². The zero-order valence-electron chi connectivity index (χ0n) is 11.9. The van der Waals surface area contributed by atoms with Crippen molar-refractivity contribution in [3.05, 3.63) is 66.2 Å². The maximum atomic E-state index is 13.6. The molecule has 0 aromatic heterocycles. The number of nitrogens with zero attached hydrogens (tertiary/aromatic N) is 1. The van der Waals surface area contributed by atoms with E-state index in [4.69, 9.17) is 0 Å². The predicted molar refractivity (Wildman–Crippen MR) is 84.0 cm³/mol. The van der Waals surface area contributed by atoms with E-state index in [-0.39, 0.29) is 5.25 Å². The van der Waals surface area contributed by atoms with Crippen LogP contribution in [0, 0.1) is 0 Å². The molecule has 1 unspecified atom stereocenters. The van der Waals surface area contributed by atoms with Gasteiger partial charge < -0.3 is 0 Å². The fourth-order valence-corrected chi connectivity index (χ4v) is 5.78. The quantitative estimate of drug-likeness (QED) is 0.787. The fourth-order valence-electron chi connectivity index (χ4n) is 2.85. The van der Waals surface area contributed by atoms with Crippen LogP contribution in [0.3, 0.4) is 0 Å². The smallest absolute Gasteiger partial charge is 0.126 e. The summed E-state index contributed by atoms with van der Waals surface area (Å²) in [5.74, 6) is 0.423. The molecule has 0 spiro atoms. The molecule has 3 heteroatoms. The van der Waals surface area contributed by atoms with Gasteiger partial charge >= 0.3 is 0 Å². The number of rotatable bonds is 4. The lowest BCUT2D eigenvalue weighted by atomic mass is 10.1. The van der Waals surface area contributed by atoms with Crippen LogP contribution in [0.25, 0.3) is 0 Å². The molecule has 0 bridgehead atoms. The first-order valence-corrected chi connectivity index (χ1v) is 8.52. The van der Waals surface area contributed by atoms with Crippen molar-refractivity contribution in [2.75, 3.05) is 14.1 Å². The molecule has 1 aliphatic carbocycles. The summed E-state index contributed by atoms with van der Waals surface area (Å²) < 4.78 is 15.5. The summed E-state index contributed by atoms with van der Waals surface area (Å²) >= 11 is 0. The topological polar surface area (TPSA) is 20.3 Å². The molecule has 0 amide bonds. The van der Waals surface area contributed by atoms with Crippen LogP contribution in [-0.4, -0.2) is 23.7 Å². The van der Waals surface area contributed by atoms with Crippen molar-refractivity contribution in [3.8, 4) is 0 Å². The largest absolute Gasteiger partial charge is 0.193 e. The summed E-state index contributed by atoms with van der Waals surface area (Å²) in [5.41, 5.74) is 1.31. The van der Waals surface area contributed by atoms with Gasteiger partial charge in [0, 0.05) is 26.4 Å². The molecule has 0 saturated heterocycles. The zero-order chi connectivity index (χ0) is 14.2. The molecule has 1 saturated carbocycles. The Bertz CT molecular complexity index is 624. The van der Waals surface area contributed by atoms with Gasteiger partial charge in [-0.25, -0.2) is 0 Å². The lowest BCUT2D eigenvalue weighted by molar-refractivity contribution is 0.527. The molecule has 1 fully saturated rings. The Morgan fingerprint density at radius 2 is 1.50 bits per heavy atom. The van der Waals surface area contributed by atoms with Crippen LogP contribution in [-0.2, 0) is 14.3 Å². The van der Waals surface area contributed by atoms with E-state index in [1.165, 1.54) is 5.56 Å². The summed E-state index contributed by atoms with van der Waals surface area (Å²) in [6.45, 7) is 0. The molecule has 0 heterocycles. The van der Waals surface area contributed by atoms with Gasteiger partial charge in [0.2, 0.25) is 0 Å². The van der Waals surface area contributed by atoms with Crippen LogP contribution < -0.4 is 0 Å². The third-order valence-corrected chi connectivity index (χ3v) is 7.37. The second kappa shape index (κ2) is 5.15. The van der Waals surface area contributed by atoms with E-state index < -0.39 is 10.1 Å². The summed E-state index contributed by atoms with van der Waals surface area (Å²) in [5, 5.41) is 0.224. The highest BCUT2D eigenvalue weighted by molar-refractivity contribution is 8.01. The van der Waals surface area contributed by atoms with E-state index in [0.29, 0.717) is 5.92 Å². The van der Waals surface area contributed by atoms with Crippen molar-refractivity contribution in [1.29, 1.82) is 0 Å². The molecule has 0 aliphatic heterocycles. The van der Waals surface area contributed by atoms with Gasteiger partial charge in [0.25, 0.3) is 0 Å². The van der Waals surface area contributed by atoms with Crippen LogP contribution in [0.1, 0.15) is 17.9 Å². The minimum absolute atomic E-state index is 0.224. The molecule has 3 atom stereocenters. The van der Waals surface area contributed by atoms with Gasteiger partial charge in [-0.05, 0) is 17.7 Å². The monoisotopic (exact) mass is 286 g/mol. The molecular weight excluding hydrogens is 266 g/mol. The van der Waals surface area contributed by atoms with Gasteiger partial charge in [0.15, 0.2) is 20.3 Å². The zero-order valence-corrected chi connectivity index (χ0v) is 12.7. The Balaban J connectivity index is 1.93. The molecular formula is C17H20NOS+. The Hall–Kier alpha value is -1.45. The molecule has 104 valence electrons. The minimum Gasteiger partial charge on any atom is -0.126 e. The third kappa shape index (κ3) is 2.21.